The van der Waals surface area contributed by atoms with Gasteiger partial charge in [0.05, 0.1) is 10.6 Å². The Kier molecular flexibility index (Phi) is 3.37. The number of nitrogen functional groups attached to an aromatic ring is 1. The molecule has 0 amide bonds. The lowest BCUT2D eigenvalue weighted by Crippen LogP contribution is -2.36. The number of rotatable bonds is 2. The van der Waals surface area contributed by atoms with E-state index in [1.165, 1.54) is 4.31 Å². The van der Waals surface area contributed by atoms with E-state index in [4.69, 9.17) is 5.73 Å². The Balaban J connectivity index is 2.12. The van der Waals surface area contributed by atoms with Crippen molar-refractivity contribution >= 4 is 21.4 Å². The Bertz CT molecular complexity index is 767. The molecule has 5 heteroatoms. The van der Waals surface area contributed by atoms with Crippen LogP contribution in [0.1, 0.15) is 17.5 Å². The minimum absolute atomic E-state index is 0.285. The second-order valence-electron chi connectivity index (χ2n) is 5.33. The van der Waals surface area contributed by atoms with Crippen LogP contribution < -0.4 is 10.0 Å². The topological polar surface area (TPSA) is 63.4 Å². The largest absolute Gasteiger partial charge is 0.399 e. The van der Waals surface area contributed by atoms with Gasteiger partial charge in [0.25, 0.3) is 10.0 Å². The number of sulfonamides is 1. The summed E-state index contributed by atoms with van der Waals surface area (Å²) in [6.45, 7) is 2.47. The summed E-state index contributed by atoms with van der Waals surface area (Å²) in [6, 6.07) is 12.3. The number of aryl methyl sites for hydroxylation is 2. The molecule has 0 bridgehead atoms. The highest BCUT2D eigenvalue weighted by atomic mass is 32.2. The van der Waals surface area contributed by atoms with Gasteiger partial charge in [0, 0.05) is 12.2 Å². The van der Waals surface area contributed by atoms with Crippen LogP contribution >= 0.6 is 0 Å². The van der Waals surface area contributed by atoms with Crippen LogP contribution in [-0.2, 0) is 16.4 Å². The smallest absolute Gasteiger partial charge is 0.264 e. The summed E-state index contributed by atoms with van der Waals surface area (Å²) in [5.74, 6) is 0. The zero-order valence-corrected chi connectivity index (χ0v) is 12.7. The first-order valence-corrected chi connectivity index (χ1v) is 8.41. The van der Waals surface area contributed by atoms with Crippen molar-refractivity contribution in [3.63, 3.8) is 0 Å². The first-order valence-electron chi connectivity index (χ1n) is 6.97. The Morgan fingerprint density at radius 2 is 1.81 bits per heavy atom. The van der Waals surface area contributed by atoms with E-state index in [9.17, 15) is 8.42 Å². The van der Waals surface area contributed by atoms with Gasteiger partial charge in [-0.25, -0.2) is 8.42 Å². The molecule has 0 saturated heterocycles. The molecule has 1 aliphatic heterocycles. The fraction of sp³-hybridized carbons (Fsp3) is 0.250. The average molecular weight is 302 g/mol. The summed E-state index contributed by atoms with van der Waals surface area (Å²) in [5.41, 5.74) is 9.12. The Morgan fingerprint density at radius 3 is 2.52 bits per heavy atom. The highest BCUT2D eigenvalue weighted by Gasteiger charge is 2.29. The molecule has 3 rings (SSSR count). The van der Waals surface area contributed by atoms with Crippen molar-refractivity contribution in [2.24, 2.45) is 0 Å². The van der Waals surface area contributed by atoms with Gasteiger partial charge in [-0.05, 0) is 55.2 Å². The lowest BCUT2D eigenvalue weighted by molar-refractivity contribution is 0.586. The minimum Gasteiger partial charge on any atom is -0.399 e. The number of hydrogen-bond donors (Lipinski definition) is 1. The quantitative estimate of drug-likeness (QED) is 0.868. The first kappa shape index (κ1) is 13.9. The molecule has 0 spiro atoms. The van der Waals surface area contributed by atoms with E-state index < -0.39 is 10.0 Å². The van der Waals surface area contributed by atoms with Gasteiger partial charge in [-0.1, -0.05) is 18.2 Å². The molecule has 0 aliphatic carbocycles. The predicted molar refractivity (Wildman–Crippen MR) is 84.9 cm³/mol. The Morgan fingerprint density at radius 1 is 1.10 bits per heavy atom. The fourth-order valence-electron chi connectivity index (χ4n) is 2.81. The van der Waals surface area contributed by atoms with Crippen LogP contribution in [0.3, 0.4) is 0 Å². The fourth-order valence-corrected chi connectivity index (χ4v) is 4.42. The first-order chi connectivity index (χ1) is 10.00. The molecule has 0 atom stereocenters. The Labute approximate surface area is 125 Å². The van der Waals surface area contributed by atoms with Gasteiger partial charge < -0.3 is 5.73 Å². The molecule has 0 aromatic heterocycles. The van der Waals surface area contributed by atoms with Crippen LogP contribution in [0.2, 0.25) is 0 Å². The van der Waals surface area contributed by atoms with Crippen LogP contribution in [-0.4, -0.2) is 15.0 Å². The Hall–Kier alpha value is -2.01. The summed E-state index contributed by atoms with van der Waals surface area (Å²) in [6.07, 6.45) is 1.76. The third-order valence-corrected chi connectivity index (χ3v) is 5.66. The second kappa shape index (κ2) is 5.07. The summed E-state index contributed by atoms with van der Waals surface area (Å²) < 4.78 is 27.3. The van der Waals surface area contributed by atoms with Crippen molar-refractivity contribution in [2.75, 3.05) is 16.6 Å². The van der Waals surface area contributed by atoms with Crippen molar-refractivity contribution in [3.05, 3.63) is 53.6 Å². The second-order valence-corrected chi connectivity index (χ2v) is 7.19. The maximum absolute atomic E-state index is 12.9. The zero-order chi connectivity index (χ0) is 15.0. The molecule has 0 saturated carbocycles. The summed E-state index contributed by atoms with van der Waals surface area (Å²) in [4.78, 5) is 0.285. The van der Waals surface area contributed by atoms with Crippen LogP contribution in [0, 0.1) is 6.92 Å². The average Bonchev–Trinajstić information content (AvgIpc) is 2.47. The van der Waals surface area contributed by atoms with Crippen molar-refractivity contribution in [3.8, 4) is 0 Å². The van der Waals surface area contributed by atoms with Crippen molar-refractivity contribution < 1.29 is 8.42 Å². The normalized spacial score (nSPS) is 14.8. The van der Waals surface area contributed by atoms with Gasteiger partial charge in [0.2, 0.25) is 0 Å². The molecule has 0 fully saturated rings. The summed E-state index contributed by atoms with van der Waals surface area (Å²) >= 11 is 0. The highest BCUT2D eigenvalue weighted by molar-refractivity contribution is 7.92. The molecule has 1 heterocycles. The molecule has 0 unspecified atom stereocenters. The van der Waals surface area contributed by atoms with Crippen molar-refractivity contribution in [1.82, 2.24) is 0 Å². The highest BCUT2D eigenvalue weighted by Crippen LogP contribution is 2.34. The molecule has 21 heavy (non-hydrogen) atoms. The number of anilines is 2. The lowest BCUT2D eigenvalue weighted by Gasteiger charge is -2.32. The number of hydrogen-bond acceptors (Lipinski definition) is 3. The predicted octanol–water partition coefficient (Wildman–Crippen LogP) is 2.72. The number of nitrogens with two attached hydrogens (primary N) is 1. The zero-order valence-electron chi connectivity index (χ0n) is 11.9. The molecular formula is C16H18N2O2S. The molecule has 2 aromatic rings. The molecular weight excluding hydrogens is 284 g/mol. The van der Waals surface area contributed by atoms with E-state index in [2.05, 4.69) is 0 Å². The van der Waals surface area contributed by atoms with Gasteiger partial charge in [-0.3, -0.25) is 4.31 Å². The van der Waals surface area contributed by atoms with Crippen LogP contribution in [0.5, 0.6) is 0 Å². The van der Waals surface area contributed by atoms with Crippen LogP contribution in [0.4, 0.5) is 11.4 Å². The van der Waals surface area contributed by atoms with Crippen LogP contribution in [0.25, 0.3) is 0 Å². The van der Waals surface area contributed by atoms with E-state index in [0.29, 0.717) is 12.2 Å². The standard InChI is InChI=1S/C16H18N2O2S/c1-12-4-2-5-13-6-3-11-18(16(12)13)21(19,20)15-9-7-14(17)8-10-15/h2,4-5,7-10H,3,6,11,17H2,1H3. The van der Waals surface area contributed by atoms with Gasteiger partial charge in [-0.2, -0.15) is 0 Å². The number of nitrogens with zero attached hydrogens (tertiary/aromatic N) is 1. The van der Waals surface area contributed by atoms with E-state index in [1.807, 2.05) is 25.1 Å². The maximum atomic E-state index is 12.9. The van der Waals surface area contributed by atoms with Crippen LogP contribution in [0.15, 0.2) is 47.4 Å². The number of fused-ring (bicyclic) bond motifs is 1. The molecule has 4 nitrogen and oxygen atoms in total. The van der Waals surface area contributed by atoms with E-state index in [1.54, 1.807) is 24.3 Å². The minimum atomic E-state index is -3.54. The number of para-hydroxylation sites is 1. The van der Waals surface area contributed by atoms with E-state index >= 15 is 0 Å². The number of benzene rings is 2. The molecule has 2 aromatic carbocycles. The van der Waals surface area contributed by atoms with Gasteiger partial charge >= 0.3 is 0 Å². The third-order valence-electron chi connectivity index (χ3n) is 3.85. The SMILES string of the molecule is Cc1cccc2c1N(S(=O)(=O)c1ccc(N)cc1)CCC2. The summed E-state index contributed by atoms with van der Waals surface area (Å²) in [5, 5.41) is 0. The molecule has 110 valence electrons. The maximum Gasteiger partial charge on any atom is 0.264 e. The van der Waals surface area contributed by atoms with Gasteiger partial charge in [-0.15, -0.1) is 0 Å². The van der Waals surface area contributed by atoms with Gasteiger partial charge in [0.15, 0.2) is 0 Å². The molecule has 0 radical (unpaired) electrons. The molecule has 1 aliphatic rings. The molecule has 2 N–H and O–H groups in total. The van der Waals surface area contributed by atoms with E-state index in [-0.39, 0.29) is 4.90 Å². The van der Waals surface area contributed by atoms with E-state index in [0.717, 1.165) is 29.7 Å². The van der Waals surface area contributed by atoms with Crippen molar-refractivity contribution in [2.45, 2.75) is 24.7 Å². The monoisotopic (exact) mass is 302 g/mol. The lowest BCUT2D eigenvalue weighted by atomic mass is 10.0. The third kappa shape index (κ3) is 2.38. The van der Waals surface area contributed by atoms with Crippen molar-refractivity contribution in [1.29, 1.82) is 0 Å². The summed E-state index contributed by atoms with van der Waals surface area (Å²) in [7, 11) is -3.54. The van der Waals surface area contributed by atoms with Gasteiger partial charge in [0.1, 0.15) is 0 Å².